The molecule has 0 radical (unpaired) electrons. The number of hydrogen-bond donors (Lipinski definition) is 1. The molecule has 2 N–H and O–H groups in total. The maximum Gasteiger partial charge on any atom is 0.126 e. The first-order valence-corrected chi connectivity index (χ1v) is 4.75. The third-order valence-electron chi connectivity index (χ3n) is 2.58. The minimum absolute atomic E-state index is 0.162. The van der Waals surface area contributed by atoms with E-state index in [1.807, 2.05) is 0 Å². The summed E-state index contributed by atoms with van der Waals surface area (Å²) < 4.78 is 13.3. The molecule has 2 atom stereocenters. The summed E-state index contributed by atoms with van der Waals surface area (Å²) in [4.78, 5) is 0. The van der Waals surface area contributed by atoms with Gasteiger partial charge in [0.05, 0.1) is 0 Å². The van der Waals surface area contributed by atoms with Crippen LogP contribution in [0.15, 0.2) is 18.2 Å². The molecule has 0 aromatic heterocycles. The molecule has 2 unspecified atom stereocenters. The predicted octanol–water partition coefficient (Wildman–Crippen LogP) is 2.54. The fourth-order valence-electron chi connectivity index (χ4n) is 1.69. The second kappa shape index (κ2) is 3.28. The molecule has 1 fully saturated rings. The SMILES string of the molecule is NCC1CC1c1cc(Cl)ccc1F. The zero-order chi connectivity index (χ0) is 9.42. The van der Waals surface area contributed by atoms with Gasteiger partial charge in [0.2, 0.25) is 0 Å². The van der Waals surface area contributed by atoms with Crippen molar-refractivity contribution in [2.75, 3.05) is 6.54 Å². The minimum Gasteiger partial charge on any atom is -0.330 e. The van der Waals surface area contributed by atoms with Crippen LogP contribution in [-0.4, -0.2) is 6.54 Å². The van der Waals surface area contributed by atoms with Crippen LogP contribution in [-0.2, 0) is 0 Å². The van der Waals surface area contributed by atoms with Gasteiger partial charge in [-0.05, 0) is 48.6 Å². The van der Waals surface area contributed by atoms with Crippen molar-refractivity contribution in [1.29, 1.82) is 0 Å². The summed E-state index contributed by atoms with van der Waals surface area (Å²) in [5.74, 6) is 0.585. The van der Waals surface area contributed by atoms with Crippen LogP contribution in [0.3, 0.4) is 0 Å². The van der Waals surface area contributed by atoms with Crippen LogP contribution in [0.25, 0.3) is 0 Å². The topological polar surface area (TPSA) is 26.0 Å². The molecule has 0 heterocycles. The number of benzene rings is 1. The molecule has 0 aliphatic heterocycles. The second-order valence-electron chi connectivity index (χ2n) is 3.50. The van der Waals surface area contributed by atoms with E-state index >= 15 is 0 Å². The lowest BCUT2D eigenvalue weighted by atomic mass is 10.1. The van der Waals surface area contributed by atoms with Gasteiger partial charge < -0.3 is 5.73 Å². The molecule has 1 aliphatic rings. The van der Waals surface area contributed by atoms with Crippen molar-refractivity contribution in [2.45, 2.75) is 12.3 Å². The van der Waals surface area contributed by atoms with Gasteiger partial charge in [0, 0.05) is 5.02 Å². The van der Waals surface area contributed by atoms with Crippen molar-refractivity contribution in [3.8, 4) is 0 Å². The smallest absolute Gasteiger partial charge is 0.126 e. The number of hydrogen-bond acceptors (Lipinski definition) is 1. The quantitative estimate of drug-likeness (QED) is 0.779. The average Bonchev–Trinajstić information content (AvgIpc) is 2.88. The first kappa shape index (κ1) is 8.97. The van der Waals surface area contributed by atoms with E-state index < -0.39 is 0 Å². The Morgan fingerprint density at radius 3 is 2.92 bits per heavy atom. The molecule has 1 aromatic carbocycles. The highest BCUT2D eigenvalue weighted by atomic mass is 35.5. The standard InChI is InChI=1S/C10H11ClFN/c11-7-1-2-10(12)9(4-7)8-3-6(8)5-13/h1-2,4,6,8H,3,5,13H2. The van der Waals surface area contributed by atoms with Crippen molar-refractivity contribution in [2.24, 2.45) is 11.7 Å². The van der Waals surface area contributed by atoms with Gasteiger partial charge in [0.15, 0.2) is 0 Å². The van der Waals surface area contributed by atoms with E-state index in [0.29, 0.717) is 23.4 Å². The second-order valence-corrected chi connectivity index (χ2v) is 3.94. The Hall–Kier alpha value is -0.600. The molecule has 13 heavy (non-hydrogen) atoms. The maximum absolute atomic E-state index is 13.3. The lowest BCUT2D eigenvalue weighted by molar-refractivity contribution is 0.606. The Morgan fingerprint density at radius 1 is 1.54 bits per heavy atom. The van der Waals surface area contributed by atoms with Crippen molar-refractivity contribution >= 4 is 11.6 Å². The zero-order valence-corrected chi connectivity index (χ0v) is 7.89. The van der Waals surface area contributed by atoms with Crippen LogP contribution in [0.2, 0.25) is 5.02 Å². The van der Waals surface area contributed by atoms with Crippen LogP contribution >= 0.6 is 11.6 Å². The fourth-order valence-corrected chi connectivity index (χ4v) is 1.87. The molecule has 1 aliphatic carbocycles. The van der Waals surface area contributed by atoms with Gasteiger partial charge in [0.1, 0.15) is 5.82 Å². The Bertz CT molecular complexity index is 327. The van der Waals surface area contributed by atoms with Crippen LogP contribution < -0.4 is 5.73 Å². The molecule has 0 bridgehead atoms. The molecule has 0 amide bonds. The molecule has 1 saturated carbocycles. The summed E-state index contributed by atoms with van der Waals surface area (Å²) in [6, 6.07) is 4.70. The number of halogens is 2. The minimum atomic E-state index is -0.162. The Balaban J connectivity index is 2.25. The largest absolute Gasteiger partial charge is 0.330 e. The van der Waals surface area contributed by atoms with Gasteiger partial charge >= 0.3 is 0 Å². The van der Waals surface area contributed by atoms with Gasteiger partial charge in [0.25, 0.3) is 0 Å². The molecule has 1 aromatic rings. The van der Waals surface area contributed by atoms with Crippen molar-refractivity contribution in [1.82, 2.24) is 0 Å². The normalized spacial score (nSPS) is 26.1. The van der Waals surface area contributed by atoms with E-state index in [0.717, 1.165) is 12.0 Å². The van der Waals surface area contributed by atoms with E-state index in [2.05, 4.69) is 0 Å². The Labute approximate surface area is 81.7 Å². The van der Waals surface area contributed by atoms with Crippen molar-refractivity contribution < 1.29 is 4.39 Å². The van der Waals surface area contributed by atoms with Crippen LogP contribution in [0.4, 0.5) is 4.39 Å². The summed E-state index contributed by atoms with van der Waals surface area (Å²) in [6.07, 6.45) is 0.994. The summed E-state index contributed by atoms with van der Waals surface area (Å²) >= 11 is 5.78. The van der Waals surface area contributed by atoms with Crippen LogP contribution in [0, 0.1) is 11.7 Å². The highest BCUT2D eigenvalue weighted by Gasteiger charge is 2.38. The molecular formula is C10H11ClFN. The summed E-state index contributed by atoms with van der Waals surface area (Å²) in [5, 5.41) is 0.596. The molecule has 1 nitrogen and oxygen atoms in total. The zero-order valence-electron chi connectivity index (χ0n) is 7.13. The lowest BCUT2D eigenvalue weighted by Crippen LogP contribution is -2.02. The summed E-state index contributed by atoms with van der Waals surface area (Å²) in [7, 11) is 0. The highest BCUT2D eigenvalue weighted by Crippen LogP contribution is 2.47. The number of nitrogens with two attached hydrogens (primary N) is 1. The van der Waals surface area contributed by atoms with Crippen LogP contribution in [0.5, 0.6) is 0 Å². The van der Waals surface area contributed by atoms with E-state index in [1.54, 1.807) is 12.1 Å². The van der Waals surface area contributed by atoms with Gasteiger partial charge in [-0.2, -0.15) is 0 Å². The third kappa shape index (κ3) is 1.69. The summed E-state index contributed by atoms with van der Waals surface area (Å²) in [6.45, 7) is 0.636. The van der Waals surface area contributed by atoms with E-state index in [1.165, 1.54) is 6.07 Å². The maximum atomic E-state index is 13.3. The van der Waals surface area contributed by atoms with Gasteiger partial charge in [-0.3, -0.25) is 0 Å². The Morgan fingerprint density at radius 2 is 2.31 bits per heavy atom. The van der Waals surface area contributed by atoms with Gasteiger partial charge in [-0.25, -0.2) is 4.39 Å². The van der Waals surface area contributed by atoms with Crippen LogP contribution in [0.1, 0.15) is 17.9 Å². The van der Waals surface area contributed by atoms with Crippen molar-refractivity contribution in [3.63, 3.8) is 0 Å². The van der Waals surface area contributed by atoms with E-state index in [4.69, 9.17) is 17.3 Å². The molecule has 3 heteroatoms. The van der Waals surface area contributed by atoms with Gasteiger partial charge in [-0.15, -0.1) is 0 Å². The third-order valence-corrected chi connectivity index (χ3v) is 2.82. The molecule has 0 spiro atoms. The first-order valence-electron chi connectivity index (χ1n) is 4.37. The monoisotopic (exact) mass is 199 g/mol. The van der Waals surface area contributed by atoms with E-state index in [-0.39, 0.29) is 5.82 Å². The number of rotatable bonds is 2. The molecule has 70 valence electrons. The van der Waals surface area contributed by atoms with Gasteiger partial charge in [-0.1, -0.05) is 11.6 Å². The molecule has 0 saturated heterocycles. The average molecular weight is 200 g/mol. The molecule has 2 rings (SSSR count). The lowest BCUT2D eigenvalue weighted by Gasteiger charge is -2.01. The predicted molar refractivity (Wildman–Crippen MR) is 51.3 cm³/mol. The van der Waals surface area contributed by atoms with Crippen molar-refractivity contribution in [3.05, 3.63) is 34.6 Å². The van der Waals surface area contributed by atoms with E-state index in [9.17, 15) is 4.39 Å². The molecular weight excluding hydrogens is 189 g/mol. The first-order chi connectivity index (χ1) is 6.22. The Kier molecular flexibility index (Phi) is 2.26. The summed E-state index contributed by atoms with van der Waals surface area (Å²) in [5.41, 5.74) is 6.22. The highest BCUT2D eigenvalue weighted by molar-refractivity contribution is 6.30. The fraction of sp³-hybridized carbons (Fsp3) is 0.400.